The molecule has 1 aliphatic rings. The number of hydrogen-bond donors (Lipinski definition) is 1. The first-order valence-corrected chi connectivity index (χ1v) is 12.2. The van der Waals surface area contributed by atoms with E-state index in [0.717, 1.165) is 43.1 Å². The Kier molecular flexibility index (Phi) is 6.59. The van der Waals surface area contributed by atoms with Crippen molar-refractivity contribution in [3.8, 4) is 11.4 Å². The van der Waals surface area contributed by atoms with E-state index in [1.807, 2.05) is 29.7 Å². The molecule has 2 N–H and O–H groups in total. The second kappa shape index (κ2) is 9.96. The first kappa shape index (κ1) is 23.2. The molecule has 0 saturated heterocycles. The number of anilines is 2. The fourth-order valence-electron chi connectivity index (χ4n) is 4.76. The first-order chi connectivity index (χ1) is 17.0. The van der Waals surface area contributed by atoms with Gasteiger partial charge in [-0.3, -0.25) is 0 Å². The summed E-state index contributed by atoms with van der Waals surface area (Å²) in [5, 5.41) is 0.427. The van der Waals surface area contributed by atoms with Gasteiger partial charge in [0.25, 0.3) is 0 Å². The van der Waals surface area contributed by atoms with Crippen LogP contribution in [0.3, 0.4) is 0 Å². The Bertz CT molecular complexity index is 1320. The number of benzene rings is 2. The normalized spacial score (nSPS) is 14.7. The number of nitrogens with zero attached hydrogens (tertiary/aromatic N) is 5. The number of rotatable bonds is 8. The molecule has 1 aliphatic carbocycles. The summed E-state index contributed by atoms with van der Waals surface area (Å²) in [5.41, 5.74) is 11.3. The van der Waals surface area contributed by atoms with Gasteiger partial charge in [-0.1, -0.05) is 41.9 Å². The molecular weight excluding hydrogens is 460 g/mol. The number of hydrogen-bond acceptors (Lipinski definition) is 6. The summed E-state index contributed by atoms with van der Waals surface area (Å²) in [6.07, 6.45) is 6.29. The Morgan fingerprint density at radius 3 is 2.77 bits per heavy atom. The second-order valence-corrected chi connectivity index (χ2v) is 9.30. The highest BCUT2D eigenvalue weighted by Crippen LogP contribution is 2.40. The highest BCUT2D eigenvalue weighted by atomic mass is 35.5. The molecule has 0 bridgehead atoms. The maximum Gasteiger partial charge on any atom is 0.147 e. The smallest absolute Gasteiger partial charge is 0.147 e. The highest BCUT2D eigenvalue weighted by Gasteiger charge is 2.29. The van der Waals surface area contributed by atoms with Crippen molar-refractivity contribution >= 4 is 23.1 Å². The molecule has 5 rings (SSSR count). The van der Waals surface area contributed by atoms with Crippen LogP contribution in [0.1, 0.15) is 41.4 Å². The van der Waals surface area contributed by atoms with Gasteiger partial charge in [-0.25, -0.2) is 15.0 Å². The summed E-state index contributed by atoms with van der Waals surface area (Å²) in [4.78, 5) is 16.0. The Hall–Kier alpha value is -3.58. The van der Waals surface area contributed by atoms with Crippen molar-refractivity contribution < 1.29 is 4.74 Å². The summed E-state index contributed by atoms with van der Waals surface area (Å²) in [6, 6.07) is 16.2. The number of imidazole rings is 1. The lowest BCUT2D eigenvalue weighted by Gasteiger charge is -2.22. The summed E-state index contributed by atoms with van der Waals surface area (Å²) in [7, 11) is 2.09. The Balaban J connectivity index is 1.26. The van der Waals surface area contributed by atoms with Crippen LogP contribution in [-0.2, 0) is 6.42 Å². The average molecular weight is 489 g/mol. The molecule has 0 amide bonds. The lowest BCUT2D eigenvalue weighted by Crippen LogP contribution is -2.24. The zero-order valence-electron chi connectivity index (χ0n) is 20.0. The third kappa shape index (κ3) is 4.95. The van der Waals surface area contributed by atoms with E-state index in [0.29, 0.717) is 29.1 Å². The molecule has 35 heavy (non-hydrogen) atoms. The minimum atomic E-state index is 0.335. The summed E-state index contributed by atoms with van der Waals surface area (Å²) < 4.78 is 7.96. The van der Waals surface area contributed by atoms with E-state index in [1.54, 1.807) is 12.5 Å². The predicted molar refractivity (Wildman–Crippen MR) is 140 cm³/mol. The zero-order valence-corrected chi connectivity index (χ0v) is 20.7. The van der Waals surface area contributed by atoms with Crippen LogP contribution < -0.4 is 15.4 Å². The van der Waals surface area contributed by atoms with Crippen molar-refractivity contribution in [2.75, 3.05) is 30.8 Å². The van der Waals surface area contributed by atoms with E-state index in [9.17, 15) is 0 Å². The molecule has 2 aromatic carbocycles. The molecule has 2 heterocycles. The van der Waals surface area contributed by atoms with Gasteiger partial charge in [0.05, 0.1) is 18.0 Å². The van der Waals surface area contributed by atoms with Crippen molar-refractivity contribution in [2.45, 2.75) is 32.1 Å². The molecule has 7 nitrogen and oxygen atoms in total. The van der Waals surface area contributed by atoms with Crippen LogP contribution in [0.5, 0.6) is 5.75 Å². The maximum absolute atomic E-state index is 6.13. The average Bonchev–Trinajstić information content (AvgIpc) is 3.48. The van der Waals surface area contributed by atoms with Gasteiger partial charge in [0.15, 0.2) is 0 Å². The number of halogens is 1. The highest BCUT2D eigenvalue weighted by molar-refractivity contribution is 6.29. The molecule has 0 spiro atoms. The molecule has 0 saturated carbocycles. The third-order valence-corrected chi connectivity index (χ3v) is 6.61. The molecule has 4 aromatic rings. The molecule has 180 valence electrons. The quantitative estimate of drug-likeness (QED) is 0.271. The minimum absolute atomic E-state index is 0.335. The van der Waals surface area contributed by atoms with Crippen LogP contribution in [0.4, 0.5) is 11.5 Å². The van der Waals surface area contributed by atoms with Gasteiger partial charge in [0.2, 0.25) is 0 Å². The predicted octanol–water partition coefficient (Wildman–Crippen LogP) is 5.19. The van der Waals surface area contributed by atoms with Gasteiger partial charge in [-0.05, 0) is 43.9 Å². The van der Waals surface area contributed by atoms with Gasteiger partial charge < -0.3 is 19.9 Å². The fraction of sp³-hybridized carbons (Fsp3) is 0.296. The van der Waals surface area contributed by atoms with Gasteiger partial charge >= 0.3 is 0 Å². The van der Waals surface area contributed by atoms with Gasteiger partial charge in [0, 0.05) is 43.0 Å². The second-order valence-electron chi connectivity index (χ2n) is 8.91. The van der Waals surface area contributed by atoms with Crippen molar-refractivity contribution in [3.05, 3.63) is 88.9 Å². The maximum atomic E-state index is 6.13. The van der Waals surface area contributed by atoms with Crippen LogP contribution in [0.2, 0.25) is 5.15 Å². The molecule has 8 heteroatoms. The molecule has 0 aliphatic heterocycles. The molecule has 1 atom stereocenters. The summed E-state index contributed by atoms with van der Waals surface area (Å²) >= 11 is 6.00. The number of nitrogens with two attached hydrogens (primary N) is 1. The molecular formula is C27H29ClN6O. The van der Waals surface area contributed by atoms with E-state index in [4.69, 9.17) is 32.0 Å². The van der Waals surface area contributed by atoms with E-state index in [2.05, 4.69) is 47.3 Å². The van der Waals surface area contributed by atoms with Crippen molar-refractivity contribution in [1.82, 2.24) is 19.5 Å². The van der Waals surface area contributed by atoms with Gasteiger partial charge in [-0.2, -0.15) is 0 Å². The molecule has 2 aromatic heterocycles. The van der Waals surface area contributed by atoms with Crippen LogP contribution in [-0.4, -0.2) is 39.7 Å². The molecule has 0 fully saturated rings. The van der Waals surface area contributed by atoms with E-state index in [-0.39, 0.29) is 0 Å². The number of ether oxygens (including phenoxy) is 1. The number of aryl methyl sites for hydroxylation is 1. The van der Waals surface area contributed by atoms with Crippen molar-refractivity contribution in [3.63, 3.8) is 0 Å². The largest absolute Gasteiger partial charge is 0.491 e. The van der Waals surface area contributed by atoms with Crippen LogP contribution in [0, 0.1) is 6.92 Å². The Labute approximate surface area is 210 Å². The monoisotopic (exact) mass is 488 g/mol. The van der Waals surface area contributed by atoms with Crippen molar-refractivity contribution in [2.24, 2.45) is 0 Å². The van der Waals surface area contributed by atoms with Crippen LogP contribution >= 0.6 is 11.6 Å². The van der Waals surface area contributed by atoms with E-state index < -0.39 is 0 Å². The van der Waals surface area contributed by atoms with E-state index in [1.165, 1.54) is 16.8 Å². The number of aromatic nitrogens is 4. The number of nitrogen functional groups attached to an aromatic ring is 1. The van der Waals surface area contributed by atoms with Crippen molar-refractivity contribution in [1.29, 1.82) is 0 Å². The Morgan fingerprint density at radius 2 is 2.00 bits per heavy atom. The summed E-state index contributed by atoms with van der Waals surface area (Å²) in [5.74, 6) is 2.88. The topological polar surface area (TPSA) is 82.1 Å². The van der Waals surface area contributed by atoms with Crippen LogP contribution in [0.15, 0.2) is 61.1 Å². The first-order valence-electron chi connectivity index (χ1n) is 11.9. The van der Waals surface area contributed by atoms with Gasteiger partial charge in [-0.15, -0.1) is 0 Å². The molecule has 1 unspecified atom stereocenters. The number of fused-ring (bicyclic) bond motifs is 1. The SMILES string of the molecule is Cc1nc2c(c(N(C)CCCOc3cc(N)ccc3-n3cnc(Cl)c3)n1)CCC2c1ccccc1. The van der Waals surface area contributed by atoms with E-state index >= 15 is 0 Å². The van der Waals surface area contributed by atoms with Crippen LogP contribution in [0.25, 0.3) is 5.69 Å². The standard InChI is InChI=1S/C27H29ClN6O/c1-18-31-26-21(19-7-4-3-5-8-19)10-11-22(26)27(32-18)33(2)13-6-14-35-24-15-20(29)9-12-23(24)34-16-25(28)30-17-34/h3-5,7-9,12,15-17,21H,6,10-11,13-14,29H2,1-2H3. The lowest BCUT2D eigenvalue weighted by atomic mass is 9.97. The lowest BCUT2D eigenvalue weighted by molar-refractivity contribution is 0.311. The molecule has 0 radical (unpaired) electrons. The fourth-order valence-corrected chi connectivity index (χ4v) is 4.91. The Morgan fingerprint density at radius 1 is 1.17 bits per heavy atom. The summed E-state index contributed by atoms with van der Waals surface area (Å²) in [6.45, 7) is 3.33. The minimum Gasteiger partial charge on any atom is -0.491 e. The zero-order chi connectivity index (χ0) is 24.4. The van der Waals surface area contributed by atoms with Gasteiger partial charge in [0.1, 0.15) is 28.9 Å². The third-order valence-electron chi connectivity index (χ3n) is 6.41.